The highest BCUT2D eigenvalue weighted by Crippen LogP contribution is 2.31. The van der Waals surface area contributed by atoms with Crippen molar-refractivity contribution >= 4 is 0 Å². The summed E-state index contributed by atoms with van der Waals surface area (Å²) in [5, 5.41) is 3.39. The van der Waals surface area contributed by atoms with Crippen LogP contribution in [-0.4, -0.2) is 27.3 Å². The third kappa shape index (κ3) is 3.63. The summed E-state index contributed by atoms with van der Waals surface area (Å²) in [5.74, 6) is 2.46. The molecule has 3 nitrogen and oxygen atoms in total. The molecule has 1 fully saturated rings. The Morgan fingerprint density at radius 1 is 1.05 bits per heavy atom. The van der Waals surface area contributed by atoms with Gasteiger partial charge in [0.25, 0.3) is 0 Å². The molecule has 1 aliphatic carbocycles. The third-order valence-corrected chi connectivity index (χ3v) is 4.23. The molecule has 0 aromatic heterocycles. The normalized spacial score (nSPS) is 23.1. The highest BCUT2D eigenvalue weighted by molar-refractivity contribution is 5.43. The summed E-state index contributed by atoms with van der Waals surface area (Å²) < 4.78 is 10.6. The number of hydrogen-bond donors (Lipinski definition) is 1. The van der Waals surface area contributed by atoms with Crippen LogP contribution < -0.4 is 14.8 Å². The Hall–Kier alpha value is -1.22. The minimum absolute atomic E-state index is 0.724. The van der Waals surface area contributed by atoms with E-state index in [9.17, 15) is 0 Å². The van der Waals surface area contributed by atoms with Gasteiger partial charge in [0, 0.05) is 6.04 Å². The van der Waals surface area contributed by atoms with Crippen molar-refractivity contribution in [1.29, 1.82) is 0 Å². The Morgan fingerprint density at radius 2 is 1.74 bits per heavy atom. The molecule has 0 aliphatic heterocycles. The number of ether oxygens (including phenoxy) is 2. The Labute approximate surface area is 116 Å². The molecule has 2 rings (SSSR count). The summed E-state index contributed by atoms with van der Waals surface area (Å²) in [7, 11) is 5.44. The zero-order valence-corrected chi connectivity index (χ0v) is 12.2. The van der Waals surface area contributed by atoms with E-state index in [4.69, 9.17) is 9.47 Å². The smallest absolute Gasteiger partial charge is 0.160 e. The van der Waals surface area contributed by atoms with Crippen molar-refractivity contribution in [1.82, 2.24) is 5.32 Å². The van der Waals surface area contributed by atoms with Gasteiger partial charge in [0.2, 0.25) is 0 Å². The van der Waals surface area contributed by atoms with Crippen LogP contribution in [0.1, 0.15) is 31.2 Å². The maximum Gasteiger partial charge on any atom is 0.160 e. The molecule has 0 radical (unpaired) electrons. The van der Waals surface area contributed by atoms with E-state index in [2.05, 4.69) is 24.5 Å². The first-order chi connectivity index (χ1) is 9.26. The number of methoxy groups -OCH3 is 2. The second-order valence-electron chi connectivity index (χ2n) is 5.40. The Balaban J connectivity index is 1.96. The van der Waals surface area contributed by atoms with E-state index in [0.717, 1.165) is 29.9 Å². The molecule has 106 valence electrons. The number of hydrogen-bond acceptors (Lipinski definition) is 3. The molecule has 1 aliphatic rings. The second-order valence-corrected chi connectivity index (χ2v) is 5.40. The van der Waals surface area contributed by atoms with Gasteiger partial charge in [0.1, 0.15) is 0 Å². The highest BCUT2D eigenvalue weighted by atomic mass is 16.5. The Morgan fingerprint density at radius 3 is 2.32 bits per heavy atom. The first-order valence-corrected chi connectivity index (χ1v) is 7.15. The second kappa shape index (κ2) is 6.80. The molecular formula is C16H25NO2. The fraction of sp³-hybridized carbons (Fsp3) is 0.625. The van der Waals surface area contributed by atoms with E-state index in [-0.39, 0.29) is 0 Å². The minimum Gasteiger partial charge on any atom is -0.493 e. The van der Waals surface area contributed by atoms with E-state index in [1.165, 1.54) is 31.2 Å². The van der Waals surface area contributed by atoms with Gasteiger partial charge in [-0.1, -0.05) is 6.07 Å². The van der Waals surface area contributed by atoms with Crippen LogP contribution in [-0.2, 0) is 6.42 Å². The van der Waals surface area contributed by atoms with Gasteiger partial charge < -0.3 is 14.8 Å². The number of rotatable bonds is 5. The van der Waals surface area contributed by atoms with Crippen LogP contribution >= 0.6 is 0 Å². The highest BCUT2D eigenvalue weighted by Gasteiger charge is 2.20. The molecule has 1 N–H and O–H groups in total. The minimum atomic E-state index is 0.724. The van der Waals surface area contributed by atoms with Gasteiger partial charge in [0.15, 0.2) is 11.5 Å². The van der Waals surface area contributed by atoms with Gasteiger partial charge in [0.05, 0.1) is 14.2 Å². The molecule has 1 aromatic carbocycles. The van der Waals surface area contributed by atoms with Gasteiger partial charge >= 0.3 is 0 Å². The lowest BCUT2D eigenvalue weighted by molar-refractivity contribution is 0.300. The largest absolute Gasteiger partial charge is 0.493 e. The maximum absolute atomic E-state index is 5.37. The van der Waals surface area contributed by atoms with Gasteiger partial charge in [-0.15, -0.1) is 0 Å². The van der Waals surface area contributed by atoms with E-state index in [1.807, 2.05) is 6.07 Å². The van der Waals surface area contributed by atoms with E-state index in [1.54, 1.807) is 14.2 Å². The third-order valence-electron chi connectivity index (χ3n) is 4.23. The topological polar surface area (TPSA) is 30.5 Å². The zero-order valence-electron chi connectivity index (χ0n) is 12.2. The van der Waals surface area contributed by atoms with Crippen LogP contribution in [0.25, 0.3) is 0 Å². The van der Waals surface area contributed by atoms with Crippen molar-refractivity contribution in [3.63, 3.8) is 0 Å². The van der Waals surface area contributed by atoms with E-state index < -0.39 is 0 Å². The number of nitrogens with one attached hydrogen (secondary N) is 1. The number of benzene rings is 1. The lowest BCUT2D eigenvalue weighted by atomic mass is 9.82. The maximum atomic E-state index is 5.37. The van der Waals surface area contributed by atoms with Crippen molar-refractivity contribution in [2.24, 2.45) is 5.92 Å². The van der Waals surface area contributed by atoms with Crippen LogP contribution in [0.5, 0.6) is 11.5 Å². The fourth-order valence-electron chi connectivity index (χ4n) is 3.00. The van der Waals surface area contributed by atoms with Crippen molar-refractivity contribution in [3.05, 3.63) is 23.8 Å². The Bertz CT molecular complexity index is 398. The summed E-state index contributed by atoms with van der Waals surface area (Å²) in [6.45, 7) is 0. The molecule has 1 aromatic rings. The summed E-state index contributed by atoms with van der Waals surface area (Å²) in [4.78, 5) is 0. The van der Waals surface area contributed by atoms with E-state index in [0.29, 0.717) is 0 Å². The molecule has 0 atom stereocenters. The average Bonchev–Trinajstić information content (AvgIpc) is 2.48. The standard InChI is InChI=1S/C16H25NO2/c1-17-14-7-4-12(5-8-14)10-13-6-9-15(18-2)16(11-13)19-3/h6,9,11-12,14,17H,4-5,7-8,10H2,1-3H3. The van der Waals surface area contributed by atoms with Crippen molar-refractivity contribution in [3.8, 4) is 11.5 Å². The van der Waals surface area contributed by atoms with Crippen LogP contribution in [0, 0.1) is 5.92 Å². The monoisotopic (exact) mass is 263 g/mol. The predicted octanol–water partition coefficient (Wildman–Crippen LogP) is 3.02. The van der Waals surface area contributed by atoms with Gasteiger partial charge in [-0.05, 0) is 62.8 Å². The molecule has 0 saturated heterocycles. The van der Waals surface area contributed by atoms with Crippen LogP contribution in [0.4, 0.5) is 0 Å². The van der Waals surface area contributed by atoms with Gasteiger partial charge in [-0.2, -0.15) is 0 Å². The molecule has 19 heavy (non-hydrogen) atoms. The zero-order chi connectivity index (χ0) is 13.7. The summed E-state index contributed by atoms with van der Waals surface area (Å²) in [6, 6.07) is 7.00. The SMILES string of the molecule is CNC1CCC(Cc2ccc(OC)c(OC)c2)CC1. The summed E-state index contributed by atoms with van der Waals surface area (Å²) in [6.07, 6.45) is 6.39. The fourth-order valence-corrected chi connectivity index (χ4v) is 3.00. The van der Waals surface area contributed by atoms with E-state index >= 15 is 0 Å². The first kappa shape index (κ1) is 14.2. The Kier molecular flexibility index (Phi) is 5.08. The molecule has 0 bridgehead atoms. The molecule has 0 unspecified atom stereocenters. The molecule has 0 amide bonds. The van der Waals surface area contributed by atoms with Crippen LogP contribution in [0.15, 0.2) is 18.2 Å². The van der Waals surface area contributed by atoms with Gasteiger partial charge in [-0.25, -0.2) is 0 Å². The molecule has 1 saturated carbocycles. The van der Waals surface area contributed by atoms with Crippen LogP contribution in [0.3, 0.4) is 0 Å². The van der Waals surface area contributed by atoms with Crippen molar-refractivity contribution < 1.29 is 9.47 Å². The first-order valence-electron chi connectivity index (χ1n) is 7.15. The summed E-state index contributed by atoms with van der Waals surface area (Å²) >= 11 is 0. The lowest BCUT2D eigenvalue weighted by Crippen LogP contribution is -2.30. The van der Waals surface area contributed by atoms with Crippen molar-refractivity contribution in [2.45, 2.75) is 38.1 Å². The molecule has 3 heteroatoms. The van der Waals surface area contributed by atoms with Crippen LogP contribution in [0.2, 0.25) is 0 Å². The average molecular weight is 263 g/mol. The van der Waals surface area contributed by atoms with Gasteiger partial charge in [-0.3, -0.25) is 0 Å². The summed E-state index contributed by atoms with van der Waals surface area (Å²) in [5.41, 5.74) is 1.35. The quantitative estimate of drug-likeness (QED) is 0.885. The van der Waals surface area contributed by atoms with Crippen molar-refractivity contribution in [2.75, 3.05) is 21.3 Å². The molecule has 0 spiro atoms. The molecule has 0 heterocycles. The predicted molar refractivity (Wildman–Crippen MR) is 78.1 cm³/mol. The lowest BCUT2D eigenvalue weighted by Gasteiger charge is -2.28. The molecular weight excluding hydrogens is 238 g/mol.